The van der Waals surface area contributed by atoms with E-state index in [0.717, 1.165) is 13.0 Å². The second-order valence-corrected chi connectivity index (χ2v) is 4.93. The van der Waals surface area contributed by atoms with Gasteiger partial charge in [0, 0.05) is 19.7 Å². The molecular formula is C13H27NO2. The van der Waals surface area contributed by atoms with Gasteiger partial charge in [0.25, 0.3) is 0 Å². The van der Waals surface area contributed by atoms with Crippen LogP contribution in [0.15, 0.2) is 0 Å². The Hall–Kier alpha value is -0.120. The van der Waals surface area contributed by atoms with E-state index in [1.165, 1.54) is 32.1 Å². The molecule has 16 heavy (non-hydrogen) atoms. The summed E-state index contributed by atoms with van der Waals surface area (Å²) in [5, 5.41) is 13.5. The molecule has 1 aliphatic rings. The third kappa shape index (κ3) is 4.81. The van der Waals surface area contributed by atoms with Crippen LogP contribution in [-0.2, 0) is 4.74 Å². The molecule has 0 heterocycles. The molecule has 3 heteroatoms. The number of ether oxygens (including phenoxy) is 1. The number of nitrogens with one attached hydrogen (secondary N) is 1. The lowest BCUT2D eigenvalue weighted by molar-refractivity contribution is 0.0753. The van der Waals surface area contributed by atoms with Gasteiger partial charge in [0.1, 0.15) is 0 Å². The van der Waals surface area contributed by atoms with Crippen LogP contribution in [0.2, 0.25) is 0 Å². The molecule has 0 spiro atoms. The quantitative estimate of drug-likeness (QED) is 0.701. The van der Waals surface area contributed by atoms with Gasteiger partial charge in [0.2, 0.25) is 0 Å². The molecule has 1 fully saturated rings. The van der Waals surface area contributed by atoms with Gasteiger partial charge in [-0.25, -0.2) is 0 Å². The van der Waals surface area contributed by atoms with Crippen molar-refractivity contribution < 1.29 is 9.84 Å². The van der Waals surface area contributed by atoms with Crippen LogP contribution in [0.4, 0.5) is 0 Å². The topological polar surface area (TPSA) is 41.5 Å². The van der Waals surface area contributed by atoms with Crippen LogP contribution >= 0.6 is 0 Å². The highest BCUT2D eigenvalue weighted by molar-refractivity contribution is 4.76. The van der Waals surface area contributed by atoms with Crippen molar-refractivity contribution in [2.24, 2.45) is 5.92 Å². The van der Waals surface area contributed by atoms with Crippen molar-refractivity contribution in [2.75, 3.05) is 20.3 Å². The molecule has 2 atom stereocenters. The Morgan fingerprint density at radius 1 is 1.31 bits per heavy atom. The molecule has 0 aromatic rings. The molecule has 0 saturated heterocycles. The van der Waals surface area contributed by atoms with E-state index >= 15 is 0 Å². The molecule has 1 aliphatic carbocycles. The molecule has 96 valence electrons. The minimum absolute atomic E-state index is 0.175. The Kier molecular flexibility index (Phi) is 7.01. The van der Waals surface area contributed by atoms with Gasteiger partial charge in [-0.15, -0.1) is 0 Å². The molecule has 1 saturated carbocycles. The van der Waals surface area contributed by atoms with Crippen molar-refractivity contribution in [2.45, 2.75) is 57.6 Å². The van der Waals surface area contributed by atoms with E-state index in [0.29, 0.717) is 18.5 Å². The Balaban J connectivity index is 2.19. The van der Waals surface area contributed by atoms with E-state index in [9.17, 15) is 5.11 Å². The summed E-state index contributed by atoms with van der Waals surface area (Å²) in [6.45, 7) is 3.59. The summed E-state index contributed by atoms with van der Waals surface area (Å²) in [7, 11) is 1.72. The van der Waals surface area contributed by atoms with E-state index in [2.05, 4.69) is 12.2 Å². The maximum Gasteiger partial charge on any atom is 0.0692 e. The van der Waals surface area contributed by atoms with Crippen molar-refractivity contribution in [1.82, 2.24) is 5.32 Å². The van der Waals surface area contributed by atoms with Crippen LogP contribution in [-0.4, -0.2) is 37.5 Å². The van der Waals surface area contributed by atoms with Gasteiger partial charge in [-0.3, -0.25) is 0 Å². The van der Waals surface area contributed by atoms with Crippen molar-refractivity contribution in [3.63, 3.8) is 0 Å². The molecule has 0 aromatic carbocycles. The Bertz CT molecular complexity index is 169. The lowest BCUT2D eigenvalue weighted by Gasteiger charge is -2.28. The monoisotopic (exact) mass is 229 g/mol. The summed E-state index contributed by atoms with van der Waals surface area (Å²) in [5.41, 5.74) is 0. The van der Waals surface area contributed by atoms with E-state index < -0.39 is 0 Å². The van der Waals surface area contributed by atoms with Crippen molar-refractivity contribution in [3.05, 3.63) is 0 Å². The molecule has 0 amide bonds. The zero-order valence-corrected chi connectivity index (χ0v) is 10.7. The molecule has 2 N–H and O–H groups in total. The zero-order chi connectivity index (χ0) is 11.8. The first-order chi connectivity index (χ1) is 7.77. The van der Waals surface area contributed by atoms with Crippen LogP contribution in [0.1, 0.15) is 45.4 Å². The summed E-state index contributed by atoms with van der Waals surface area (Å²) in [5.74, 6) is 0.515. The second kappa shape index (κ2) is 8.04. The minimum Gasteiger partial charge on any atom is -0.392 e. The van der Waals surface area contributed by atoms with Gasteiger partial charge in [-0.1, -0.05) is 26.2 Å². The maximum absolute atomic E-state index is 10.1. The number of aliphatic hydroxyl groups excluding tert-OH is 1. The highest BCUT2D eigenvalue weighted by atomic mass is 16.5. The Labute approximate surface area is 99.6 Å². The highest BCUT2D eigenvalue weighted by Gasteiger charge is 2.21. The molecular weight excluding hydrogens is 202 g/mol. The SMILES string of the molecule is CCC(COC)NCC(O)C1CCCCC1. The summed E-state index contributed by atoms with van der Waals surface area (Å²) in [6, 6.07) is 0.378. The first-order valence-electron chi connectivity index (χ1n) is 6.68. The molecule has 1 rings (SSSR count). The van der Waals surface area contributed by atoms with Crippen LogP contribution < -0.4 is 5.32 Å². The predicted octanol–water partition coefficient (Wildman–Crippen LogP) is 1.94. The molecule has 0 radical (unpaired) electrons. The van der Waals surface area contributed by atoms with E-state index in [1.807, 2.05) is 0 Å². The number of methoxy groups -OCH3 is 1. The van der Waals surface area contributed by atoms with Crippen molar-refractivity contribution in [3.8, 4) is 0 Å². The number of aliphatic hydroxyl groups is 1. The van der Waals surface area contributed by atoms with Crippen LogP contribution in [0, 0.1) is 5.92 Å². The lowest BCUT2D eigenvalue weighted by atomic mass is 9.85. The summed E-state index contributed by atoms with van der Waals surface area (Å²) < 4.78 is 5.13. The van der Waals surface area contributed by atoms with E-state index in [-0.39, 0.29) is 6.10 Å². The van der Waals surface area contributed by atoms with Gasteiger partial charge in [-0.2, -0.15) is 0 Å². The molecule has 0 aromatic heterocycles. The van der Waals surface area contributed by atoms with Gasteiger partial charge in [0.05, 0.1) is 12.7 Å². The van der Waals surface area contributed by atoms with Crippen LogP contribution in [0.25, 0.3) is 0 Å². The third-order valence-corrected chi connectivity index (χ3v) is 3.67. The summed E-state index contributed by atoms with van der Waals surface area (Å²) in [4.78, 5) is 0. The Morgan fingerprint density at radius 2 is 2.00 bits per heavy atom. The number of rotatable bonds is 7. The van der Waals surface area contributed by atoms with Gasteiger partial charge < -0.3 is 15.2 Å². The van der Waals surface area contributed by atoms with Crippen LogP contribution in [0.5, 0.6) is 0 Å². The fourth-order valence-electron chi connectivity index (χ4n) is 2.50. The van der Waals surface area contributed by atoms with E-state index in [1.54, 1.807) is 7.11 Å². The molecule has 0 aliphatic heterocycles. The van der Waals surface area contributed by atoms with Gasteiger partial charge >= 0.3 is 0 Å². The standard InChI is InChI=1S/C13H27NO2/c1-3-12(10-16-2)14-9-13(15)11-7-5-4-6-8-11/h11-15H,3-10H2,1-2H3. The minimum atomic E-state index is -0.175. The molecule has 3 nitrogen and oxygen atoms in total. The molecule has 2 unspecified atom stereocenters. The van der Waals surface area contributed by atoms with Gasteiger partial charge in [0.15, 0.2) is 0 Å². The second-order valence-electron chi connectivity index (χ2n) is 4.93. The average molecular weight is 229 g/mol. The van der Waals surface area contributed by atoms with Crippen LogP contribution in [0.3, 0.4) is 0 Å². The Morgan fingerprint density at radius 3 is 2.56 bits per heavy atom. The largest absolute Gasteiger partial charge is 0.392 e. The third-order valence-electron chi connectivity index (χ3n) is 3.67. The number of hydrogen-bond donors (Lipinski definition) is 2. The first-order valence-corrected chi connectivity index (χ1v) is 6.68. The predicted molar refractivity (Wildman–Crippen MR) is 66.5 cm³/mol. The molecule has 0 bridgehead atoms. The van der Waals surface area contributed by atoms with Gasteiger partial charge in [-0.05, 0) is 25.2 Å². The van der Waals surface area contributed by atoms with Crippen molar-refractivity contribution >= 4 is 0 Å². The maximum atomic E-state index is 10.1. The highest BCUT2D eigenvalue weighted by Crippen LogP contribution is 2.26. The lowest BCUT2D eigenvalue weighted by Crippen LogP contribution is -2.41. The average Bonchev–Trinajstić information content (AvgIpc) is 2.35. The first kappa shape index (κ1) is 13.9. The smallest absolute Gasteiger partial charge is 0.0692 e. The number of hydrogen-bond acceptors (Lipinski definition) is 3. The fourth-order valence-corrected chi connectivity index (χ4v) is 2.50. The summed E-state index contributed by atoms with van der Waals surface area (Å²) >= 11 is 0. The van der Waals surface area contributed by atoms with Crippen molar-refractivity contribution in [1.29, 1.82) is 0 Å². The normalized spacial score (nSPS) is 21.9. The summed E-state index contributed by atoms with van der Waals surface area (Å²) in [6.07, 6.45) is 7.19. The van der Waals surface area contributed by atoms with E-state index in [4.69, 9.17) is 4.74 Å². The fraction of sp³-hybridized carbons (Fsp3) is 1.00. The zero-order valence-electron chi connectivity index (χ0n) is 10.7.